The van der Waals surface area contributed by atoms with E-state index in [0.717, 1.165) is 26.1 Å². The van der Waals surface area contributed by atoms with E-state index in [1.54, 1.807) is 11.8 Å². The minimum atomic E-state index is -0.0674. The van der Waals surface area contributed by atoms with Gasteiger partial charge in [-0.25, -0.2) is 0 Å². The number of allylic oxidation sites excluding steroid dienone is 1. The zero-order chi connectivity index (χ0) is 9.97. The van der Waals surface area contributed by atoms with Gasteiger partial charge < -0.3 is 5.73 Å². The predicted octanol–water partition coefficient (Wildman–Crippen LogP) is 1.19. The van der Waals surface area contributed by atoms with E-state index in [-0.39, 0.29) is 5.50 Å². The number of nitrogens with zero attached hydrogens (tertiary/aromatic N) is 2. The fourth-order valence-corrected chi connectivity index (χ4v) is 2.61. The second-order valence-electron chi connectivity index (χ2n) is 3.45. The second-order valence-corrected chi connectivity index (χ2v) is 4.61. The molecule has 2 rings (SSSR count). The Bertz CT molecular complexity index is 296. The van der Waals surface area contributed by atoms with Gasteiger partial charge in [-0.2, -0.15) is 0 Å². The lowest BCUT2D eigenvalue weighted by Crippen LogP contribution is -2.24. The summed E-state index contributed by atoms with van der Waals surface area (Å²) in [5.74, 6) is 0. The van der Waals surface area contributed by atoms with E-state index < -0.39 is 0 Å². The van der Waals surface area contributed by atoms with Gasteiger partial charge in [-0.15, -0.1) is 6.58 Å². The lowest BCUT2D eigenvalue weighted by atomic mass is 10.2. The molecule has 0 aromatic heterocycles. The molecule has 0 spiro atoms. The highest BCUT2D eigenvalue weighted by molar-refractivity contribution is 8.04. The average molecular weight is 209 g/mol. The molecule has 0 aliphatic carbocycles. The molecule has 3 nitrogen and oxygen atoms in total. The van der Waals surface area contributed by atoms with Crippen molar-refractivity contribution in [3.05, 3.63) is 23.6 Å². The molecule has 2 aliphatic rings. The first-order chi connectivity index (χ1) is 6.79. The van der Waals surface area contributed by atoms with E-state index >= 15 is 0 Å². The third-order valence-corrected chi connectivity index (χ3v) is 3.41. The van der Waals surface area contributed by atoms with E-state index in [9.17, 15) is 0 Å². The summed E-state index contributed by atoms with van der Waals surface area (Å²) in [4.78, 5) is 8.04. The molecule has 1 atom stereocenters. The Morgan fingerprint density at radius 2 is 2.64 bits per heavy atom. The molecule has 0 aromatic carbocycles. The van der Waals surface area contributed by atoms with Crippen LogP contribution in [0.3, 0.4) is 0 Å². The quantitative estimate of drug-likeness (QED) is 0.695. The molecule has 0 bridgehead atoms. The standard InChI is InChI=1S/C10H15N3S/c1-2-5-13-6-3-8-9(4-7-13)14-10(11)12-8/h2,4,10H,1,3,5-7,11H2. The van der Waals surface area contributed by atoms with E-state index in [2.05, 4.69) is 22.5 Å². The highest BCUT2D eigenvalue weighted by atomic mass is 32.2. The van der Waals surface area contributed by atoms with Crippen LogP contribution < -0.4 is 5.73 Å². The minimum Gasteiger partial charge on any atom is -0.301 e. The van der Waals surface area contributed by atoms with Crippen molar-refractivity contribution in [2.75, 3.05) is 19.6 Å². The van der Waals surface area contributed by atoms with Gasteiger partial charge in [-0.1, -0.05) is 23.9 Å². The minimum absolute atomic E-state index is 0.0674. The monoisotopic (exact) mass is 209 g/mol. The summed E-state index contributed by atoms with van der Waals surface area (Å²) in [6.07, 6.45) is 5.19. The summed E-state index contributed by atoms with van der Waals surface area (Å²) in [7, 11) is 0. The highest BCUT2D eigenvalue weighted by Crippen LogP contribution is 2.31. The zero-order valence-corrected chi connectivity index (χ0v) is 8.96. The first-order valence-corrected chi connectivity index (χ1v) is 5.70. The van der Waals surface area contributed by atoms with Crippen LogP contribution in [0.15, 0.2) is 28.6 Å². The third-order valence-electron chi connectivity index (χ3n) is 2.40. The molecule has 14 heavy (non-hydrogen) atoms. The number of rotatable bonds is 2. The summed E-state index contributed by atoms with van der Waals surface area (Å²) in [5.41, 5.74) is 6.87. The maximum absolute atomic E-state index is 5.74. The number of fused-ring (bicyclic) bond motifs is 1. The van der Waals surface area contributed by atoms with Crippen LogP contribution in [0, 0.1) is 0 Å². The van der Waals surface area contributed by atoms with Crippen LogP contribution in [0.1, 0.15) is 6.42 Å². The Hall–Kier alpha value is -0.580. The topological polar surface area (TPSA) is 41.6 Å². The number of hydrogen-bond donors (Lipinski definition) is 1. The summed E-state index contributed by atoms with van der Waals surface area (Å²) in [6.45, 7) is 6.74. The number of hydrogen-bond acceptors (Lipinski definition) is 4. The number of thioether (sulfide) groups is 1. The van der Waals surface area contributed by atoms with Crippen LogP contribution in [0.5, 0.6) is 0 Å². The van der Waals surface area contributed by atoms with E-state index in [1.807, 2.05) is 6.08 Å². The van der Waals surface area contributed by atoms with Crippen molar-refractivity contribution in [2.24, 2.45) is 10.7 Å². The van der Waals surface area contributed by atoms with Gasteiger partial charge in [0.05, 0.1) is 5.71 Å². The molecule has 0 amide bonds. The third kappa shape index (κ3) is 2.08. The molecule has 4 heteroatoms. The second kappa shape index (κ2) is 4.29. The summed E-state index contributed by atoms with van der Waals surface area (Å²) < 4.78 is 0. The van der Waals surface area contributed by atoms with Crippen molar-refractivity contribution >= 4 is 17.5 Å². The van der Waals surface area contributed by atoms with Gasteiger partial charge in [0.15, 0.2) is 0 Å². The van der Waals surface area contributed by atoms with Gasteiger partial charge in [0.2, 0.25) is 0 Å². The normalized spacial score (nSPS) is 27.6. The van der Waals surface area contributed by atoms with Gasteiger partial charge >= 0.3 is 0 Å². The van der Waals surface area contributed by atoms with Gasteiger partial charge in [-0.3, -0.25) is 9.89 Å². The van der Waals surface area contributed by atoms with Crippen molar-refractivity contribution in [3.8, 4) is 0 Å². The molecule has 0 radical (unpaired) electrons. The van der Waals surface area contributed by atoms with E-state index in [0.29, 0.717) is 0 Å². The van der Waals surface area contributed by atoms with Crippen molar-refractivity contribution in [3.63, 3.8) is 0 Å². The Morgan fingerprint density at radius 3 is 3.43 bits per heavy atom. The molecular formula is C10H15N3S. The molecule has 1 unspecified atom stereocenters. The molecule has 2 N–H and O–H groups in total. The van der Waals surface area contributed by atoms with Crippen molar-refractivity contribution < 1.29 is 0 Å². The summed E-state index contributed by atoms with van der Waals surface area (Å²) in [6, 6.07) is 0. The Balaban J connectivity index is 2.05. The van der Waals surface area contributed by atoms with Crippen LogP contribution in [-0.2, 0) is 0 Å². The summed E-state index contributed by atoms with van der Waals surface area (Å²) in [5, 5.41) is 0. The molecule has 76 valence electrons. The lowest BCUT2D eigenvalue weighted by molar-refractivity contribution is 0.348. The smallest absolute Gasteiger partial charge is 0.149 e. The van der Waals surface area contributed by atoms with Gasteiger partial charge in [0.25, 0.3) is 0 Å². The Morgan fingerprint density at radius 1 is 1.79 bits per heavy atom. The maximum atomic E-state index is 5.74. The van der Waals surface area contributed by atoms with Crippen molar-refractivity contribution in [1.82, 2.24) is 4.90 Å². The van der Waals surface area contributed by atoms with Crippen LogP contribution in [0.2, 0.25) is 0 Å². The first-order valence-electron chi connectivity index (χ1n) is 4.82. The molecule has 2 aliphatic heterocycles. The molecule has 0 fully saturated rings. The van der Waals surface area contributed by atoms with Crippen LogP contribution in [-0.4, -0.2) is 35.7 Å². The molecule has 0 saturated heterocycles. The largest absolute Gasteiger partial charge is 0.301 e. The molecular weight excluding hydrogens is 194 g/mol. The molecule has 0 saturated carbocycles. The Kier molecular flexibility index (Phi) is 3.05. The van der Waals surface area contributed by atoms with Crippen molar-refractivity contribution in [1.29, 1.82) is 0 Å². The number of aliphatic imine (C=N–C) groups is 1. The number of nitrogens with two attached hydrogens (primary N) is 1. The highest BCUT2D eigenvalue weighted by Gasteiger charge is 2.22. The lowest BCUT2D eigenvalue weighted by Gasteiger charge is -2.15. The SMILES string of the molecule is C=CCN1CC=C2SC(N)N=C2CC1. The molecule has 0 aromatic rings. The van der Waals surface area contributed by atoms with Crippen LogP contribution in [0.25, 0.3) is 0 Å². The zero-order valence-electron chi connectivity index (χ0n) is 8.15. The maximum Gasteiger partial charge on any atom is 0.149 e. The van der Waals surface area contributed by atoms with Crippen LogP contribution in [0.4, 0.5) is 0 Å². The first kappa shape index (κ1) is 9.96. The average Bonchev–Trinajstić information content (AvgIpc) is 2.42. The van der Waals surface area contributed by atoms with Gasteiger partial charge in [0.1, 0.15) is 5.50 Å². The fraction of sp³-hybridized carbons (Fsp3) is 0.500. The molecule has 2 heterocycles. The van der Waals surface area contributed by atoms with Crippen molar-refractivity contribution in [2.45, 2.75) is 11.9 Å². The van der Waals surface area contributed by atoms with Gasteiger partial charge in [0, 0.05) is 31.0 Å². The predicted molar refractivity (Wildman–Crippen MR) is 62.3 cm³/mol. The van der Waals surface area contributed by atoms with E-state index in [4.69, 9.17) is 5.73 Å². The fourth-order valence-electron chi connectivity index (χ4n) is 1.71. The van der Waals surface area contributed by atoms with Crippen LogP contribution >= 0.6 is 11.8 Å². The summed E-state index contributed by atoms with van der Waals surface area (Å²) >= 11 is 1.67. The van der Waals surface area contributed by atoms with Gasteiger partial charge in [-0.05, 0) is 0 Å². The Labute approximate surface area is 88.8 Å². The van der Waals surface area contributed by atoms with E-state index in [1.165, 1.54) is 10.6 Å².